The van der Waals surface area contributed by atoms with E-state index in [4.69, 9.17) is 14.6 Å². The van der Waals surface area contributed by atoms with E-state index in [0.717, 1.165) is 34.1 Å². The van der Waals surface area contributed by atoms with E-state index in [0.29, 0.717) is 44.7 Å². The molecule has 2 amide bonds. The summed E-state index contributed by atoms with van der Waals surface area (Å²) < 4.78 is 15.2. The lowest BCUT2D eigenvalue weighted by molar-refractivity contribution is 0.0199. The number of nitrogens with one attached hydrogen (secondary N) is 1. The summed E-state index contributed by atoms with van der Waals surface area (Å²) >= 11 is 0. The number of aromatic nitrogens is 5. The van der Waals surface area contributed by atoms with E-state index in [1.165, 1.54) is 6.33 Å². The highest BCUT2D eigenvalue weighted by atomic mass is 28.3. The molecule has 0 saturated carbocycles. The molecule has 4 rings (SSSR count). The van der Waals surface area contributed by atoms with Crippen LogP contribution in [-0.2, 0) is 22.6 Å². The number of likely N-dealkylation sites (tertiary alicyclic amines) is 1. The molecule has 41 heavy (non-hydrogen) atoms. The van der Waals surface area contributed by atoms with Gasteiger partial charge in [-0.15, -0.1) is 0 Å². The van der Waals surface area contributed by atoms with Crippen LogP contribution < -0.4 is 5.32 Å². The molecular formula is C29H45N7O4Si. The van der Waals surface area contributed by atoms with Gasteiger partial charge in [-0.05, 0) is 64.6 Å². The van der Waals surface area contributed by atoms with Gasteiger partial charge >= 0.3 is 6.09 Å². The van der Waals surface area contributed by atoms with Gasteiger partial charge in [-0.1, -0.05) is 26.6 Å². The molecule has 1 fully saturated rings. The van der Waals surface area contributed by atoms with E-state index >= 15 is 0 Å². The Kier molecular flexibility index (Phi) is 9.22. The number of pyridine rings is 1. The molecule has 1 aliphatic heterocycles. The van der Waals surface area contributed by atoms with Crippen molar-refractivity contribution in [2.45, 2.75) is 97.9 Å². The highest BCUT2D eigenvalue weighted by Gasteiger charge is 2.30. The lowest BCUT2D eigenvalue weighted by Gasteiger charge is -2.33. The molecule has 11 nitrogen and oxygen atoms in total. The molecule has 3 aromatic heterocycles. The molecule has 1 N–H and O–H groups in total. The van der Waals surface area contributed by atoms with Gasteiger partial charge in [0.1, 0.15) is 18.7 Å². The van der Waals surface area contributed by atoms with Crippen LogP contribution in [0.1, 0.15) is 62.2 Å². The lowest BCUT2D eigenvalue weighted by atomic mass is 10.0. The van der Waals surface area contributed by atoms with E-state index in [9.17, 15) is 9.59 Å². The summed E-state index contributed by atoms with van der Waals surface area (Å²) in [6, 6.07) is 3.05. The first-order chi connectivity index (χ1) is 19.3. The zero-order valence-corrected chi connectivity index (χ0v) is 26.8. The number of carbonyl (C=O) groups is 2. The highest BCUT2D eigenvalue weighted by molar-refractivity contribution is 6.76. The molecule has 1 saturated heterocycles. The molecule has 0 bridgehead atoms. The van der Waals surface area contributed by atoms with Crippen molar-refractivity contribution in [1.82, 2.24) is 34.6 Å². The Morgan fingerprint density at radius 2 is 1.88 bits per heavy atom. The standard InChI is InChI=1S/C29H45N7O4Si/c1-9-23-24(27(37)32-22-10-12-34(13-11-22)28(38)40-29(3,4)5)33-36(19-39-14-15-41(6,7)8)25(23)21-16-20(2)26-30-18-31-35(26)17-21/h16-18,22H,9-15,19H2,1-8H3,(H,32,37). The van der Waals surface area contributed by atoms with Gasteiger partial charge in [0.25, 0.3) is 5.91 Å². The number of piperidine rings is 1. The van der Waals surface area contributed by atoms with E-state index in [1.807, 2.05) is 40.8 Å². The molecule has 0 unspecified atom stereocenters. The third-order valence-electron chi connectivity index (χ3n) is 7.14. The number of nitrogens with zero attached hydrogens (tertiary/aromatic N) is 6. The van der Waals surface area contributed by atoms with Crippen molar-refractivity contribution in [2.24, 2.45) is 0 Å². The van der Waals surface area contributed by atoms with Gasteiger partial charge in [-0.3, -0.25) is 4.79 Å². The Labute approximate surface area is 243 Å². The average molecular weight is 584 g/mol. The Hall–Kier alpha value is -3.25. The van der Waals surface area contributed by atoms with Crippen molar-refractivity contribution in [3.05, 3.63) is 35.4 Å². The average Bonchev–Trinajstić information content (AvgIpc) is 3.50. The molecule has 224 valence electrons. The zero-order valence-electron chi connectivity index (χ0n) is 25.8. The van der Waals surface area contributed by atoms with Crippen molar-refractivity contribution in [3.8, 4) is 11.3 Å². The third kappa shape index (κ3) is 7.73. The van der Waals surface area contributed by atoms with Gasteiger partial charge in [-0.25, -0.2) is 19.0 Å². The minimum absolute atomic E-state index is 0.0544. The molecular weight excluding hydrogens is 538 g/mol. The van der Waals surface area contributed by atoms with Crippen molar-refractivity contribution >= 4 is 25.7 Å². The molecule has 0 radical (unpaired) electrons. The van der Waals surface area contributed by atoms with Gasteiger partial charge in [-0.2, -0.15) is 10.2 Å². The Bertz CT molecular complexity index is 1380. The molecule has 4 heterocycles. The molecule has 0 aromatic carbocycles. The van der Waals surface area contributed by atoms with Crippen LogP contribution in [0.2, 0.25) is 25.7 Å². The largest absolute Gasteiger partial charge is 0.444 e. The number of hydrogen-bond donors (Lipinski definition) is 1. The molecule has 12 heteroatoms. The maximum absolute atomic E-state index is 13.6. The summed E-state index contributed by atoms with van der Waals surface area (Å²) in [5, 5.41) is 12.3. The quantitative estimate of drug-likeness (QED) is 0.281. The lowest BCUT2D eigenvalue weighted by Crippen LogP contribution is -2.48. The maximum Gasteiger partial charge on any atom is 0.410 e. The molecule has 0 spiro atoms. The van der Waals surface area contributed by atoms with E-state index in [-0.39, 0.29) is 24.8 Å². The molecule has 1 aliphatic rings. The van der Waals surface area contributed by atoms with Crippen LogP contribution in [-0.4, -0.2) is 80.7 Å². The Balaban J connectivity index is 1.56. The number of rotatable bonds is 9. The van der Waals surface area contributed by atoms with Crippen LogP contribution in [0.25, 0.3) is 16.9 Å². The Morgan fingerprint density at radius 3 is 2.51 bits per heavy atom. The monoisotopic (exact) mass is 583 g/mol. The smallest absolute Gasteiger partial charge is 0.410 e. The Morgan fingerprint density at radius 1 is 1.17 bits per heavy atom. The summed E-state index contributed by atoms with van der Waals surface area (Å²) in [4.78, 5) is 32.1. The predicted molar refractivity (Wildman–Crippen MR) is 161 cm³/mol. The molecule has 3 aromatic rings. The number of fused-ring (bicyclic) bond motifs is 1. The van der Waals surface area contributed by atoms with Gasteiger partial charge < -0.3 is 19.7 Å². The fourth-order valence-electron chi connectivity index (χ4n) is 4.97. The summed E-state index contributed by atoms with van der Waals surface area (Å²) in [6.45, 7) is 18.5. The van der Waals surface area contributed by atoms with Crippen LogP contribution in [0.3, 0.4) is 0 Å². The normalized spacial score (nSPS) is 15.0. The van der Waals surface area contributed by atoms with Crippen LogP contribution in [0.5, 0.6) is 0 Å². The third-order valence-corrected chi connectivity index (χ3v) is 8.85. The summed E-state index contributed by atoms with van der Waals surface area (Å²) in [5.74, 6) is -0.210. The first-order valence-electron chi connectivity index (χ1n) is 14.5. The van der Waals surface area contributed by atoms with E-state index < -0.39 is 13.7 Å². The number of carbonyl (C=O) groups excluding carboxylic acids is 2. The first-order valence-corrected chi connectivity index (χ1v) is 18.2. The van der Waals surface area contributed by atoms with E-state index in [2.05, 4.69) is 41.1 Å². The molecule has 0 atom stereocenters. The minimum atomic E-state index is -1.25. The fourth-order valence-corrected chi connectivity index (χ4v) is 5.73. The second-order valence-electron chi connectivity index (χ2n) is 13.0. The second kappa shape index (κ2) is 12.3. The SMILES string of the molecule is CCc1c(C(=O)NC2CCN(C(=O)OC(C)(C)C)CC2)nn(COCC[Si](C)(C)C)c1-c1cc(C)c2ncnn2c1. The fraction of sp³-hybridized carbons (Fsp3) is 0.621. The number of ether oxygens (including phenoxy) is 2. The first kappa shape index (κ1) is 30.7. The second-order valence-corrected chi connectivity index (χ2v) is 18.7. The van der Waals surface area contributed by atoms with Gasteiger partial charge in [0, 0.05) is 51.1 Å². The molecule has 0 aliphatic carbocycles. The van der Waals surface area contributed by atoms with Crippen LogP contribution in [0.4, 0.5) is 4.79 Å². The van der Waals surface area contributed by atoms with Crippen molar-refractivity contribution in [2.75, 3.05) is 19.7 Å². The van der Waals surface area contributed by atoms with Gasteiger partial charge in [0.2, 0.25) is 0 Å². The van der Waals surface area contributed by atoms with Crippen LogP contribution in [0.15, 0.2) is 18.6 Å². The number of hydrogen-bond acceptors (Lipinski definition) is 7. The summed E-state index contributed by atoms with van der Waals surface area (Å²) in [7, 11) is -1.25. The number of aryl methyl sites for hydroxylation is 1. The predicted octanol–water partition coefficient (Wildman–Crippen LogP) is 4.91. The number of amides is 2. The van der Waals surface area contributed by atoms with Crippen molar-refractivity contribution in [3.63, 3.8) is 0 Å². The van der Waals surface area contributed by atoms with Crippen molar-refractivity contribution < 1.29 is 19.1 Å². The van der Waals surface area contributed by atoms with Crippen LogP contribution >= 0.6 is 0 Å². The highest BCUT2D eigenvalue weighted by Crippen LogP contribution is 2.29. The zero-order chi connectivity index (χ0) is 29.9. The van der Waals surface area contributed by atoms with Gasteiger partial charge in [0.15, 0.2) is 11.3 Å². The topological polar surface area (TPSA) is 116 Å². The van der Waals surface area contributed by atoms with E-state index in [1.54, 1.807) is 14.1 Å². The van der Waals surface area contributed by atoms with Crippen molar-refractivity contribution in [1.29, 1.82) is 0 Å². The summed E-state index contributed by atoms with van der Waals surface area (Å²) in [5.41, 5.74) is 4.26. The van der Waals surface area contributed by atoms with Gasteiger partial charge in [0.05, 0.1) is 5.69 Å². The maximum atomic E-state index is 13.6. The van der Waals surface area contributed by atoms with Crippen LogP contribution in [0, 0.1) is 6.92 Å². The summed E-state index contributed by atoms with van der Waals surface area (Å²) in [6.07, 6.45) is 5.09. The minimum Gasteiger partial charge on any atom is -0.444 e.